The highest BCUT2D eigenvalue weighted by Crippen LogP contribution is 2.41. The number of allylic oxidation sites excluding steroid dienone is 4. The van der Waals surface area contributed by atoms with Gasteiger partial charge in [-0.05, 0) is 38.0 Å². The summed E-state index contributed by atoms with van der Waals surface area (Å²) in [7, 11) is 3.82. The van der Waals surface area contributed by atoms with Crippen LogP contribution in [0.1, 0.15) is 20.8 Å². The Labute approximate surface area is 111 Å². The summed E-state index contributed by atoms with van der Waals surface area (Å²) in [5.74, 6) is 0.823. The highest BCUT2D eigenvalue weighted by Gasteiger charge is 2.41. The van der Waals surface area contributed by atoms with E-state index in [0.29, 0.717) is 0 Å². The van der Waals surface area contributed by atoms with Crippen LogP contribution in [0.15, 0.2) is 46.5 Å². The van der Waals surface area contributed by atoms with Gasteiger partial charge < -0.3 is 4.89 Å². The van der Waals surface area contributed by atoms with E-state index in [-0.39, 0.29) is 12.5 Å². The van der Waals surface area contributed by atoms with Crippen LogP contribution in [0, 0.1) is 0 Å². The monoisotopic (exact) mass is 253 g/mol. The average molecular weight is 253 g/mol. The minimum absolute atomic E-state index is 0.101. The third-order valence-electron chi connectivity index (χ3n) is 4.05. The first kappa shape index (κ1) is 11.8. The van der Waals surface area contributed by atoms with Crippen molar-refractivity contribution < 1.29 is 9.69 Å². The smallest absolute Gasteiger partial charge is 0.353 e. The number of hydrogen-bond donors (Lipinski definition) is 0. The maximum atomic E-state index is 5.53. The minimum Gasteiger partial charge on any atom is -0.353 e. The molecule has 1 unspecified atom stereocenters. The molecule has 3 rings (SSSR count). The molecule has 0 saturated carbocycles. The SMILES string of the molecule is CC1=C(C)C([Si])C(B2OOc3ccccc32)=C1C. The van der Waals surface area contributed by atoms with Crippen LogP contribution in [0.4, 0.5) is 0 Å². The van der Waals surface area contributed by atoms with Crippen molar-refractivity contribution in [1.29, 1.82) is 0 Å². The van der Waals surface area contributed by atoms with Gasteiger partial charge in [-0.2, -0.15) is 0 Å². The molecular formula is C14H14BO2Si. The zero-order valence-corrected chi connectivity index (χ0v) is 11.8. The van der Waals surface area contributed by atoms with Gasteiger partial charge in [-0.1, -0.05) is 34.8 Å². The van der Waals surface area contributed by atoms with Gasteiger partial charge in [0.2, 0.25) is 0 Å². The molecule has 1 atom stereocenters. The van der Waals surface area contributed by atoms with Crippen LogP contribution in [-0.2, 0) is 4.81 Å². The number of benzene rings is 1. The highest BCUT2D eigenvalue weighted by molar-refractivity contribution is 6.77. The van der Waals surface area contributed by atoms with E-state index in [1.807, 2.05) is 18.2 Å². The molecule has 1 aromatic carbocycles. The topological polar surface area (TPSA) is 18.5 Å². The summed E-state index contributed by atoms with van der Waals surface area (Å²) in [4.78, 5) is 10.8. The van der Waals surface area contributed by atoms with E-state index in [9.17, 15) is 0 Å². The lowest BCUT2D eigenvalue weighted by Gasteiger charge is -2.14. The van der Waals surface area contributed by atoms with Crippen LogP contribution in [0.3, 0.4) is 0 Å². The molecule has 0 aromatic heterocycles. The van der Waals surface area contributed by atoms with E-state index in [0.717, 1.165) is 11.2 Å². The van der Waals surface area contributed by atoms with Crippen molar-refractivity contribution in [3.63, 3.8) is 0 Å². The molecule has 0 saturated heterocycles. The van der Waals surface area contributed by atoms with Gasteiger partial charge in [0.05, 0.1) is 0 Å². The molecule has 1 aromatic rings. The van der Waals surface area contributed by atoms with Gasteiger partial charge >= 0.3 is 6.92 Å². The van der Waals surface area contributed by atoms with E-state index < -0.39 is 0 Å². The van der Waals surface area contributed by atoms with Crippen molar-refractivity contribution >= 4 is 22.6 Å². The van der Waals surface area contributed by atoms with Crippen LogP contribution in [0.25, 0.3) is 0 Å². The summed E-state index contributed by atoms with van der Waals surface area (Å²) in [5, 5.41) is 0. The van der Waals surface area contributed by atoms with Gasteiger partial charge in [0.25, 0.3) is 0 Å². The molecular weight excluding hydrogens is 239 g/mol. The van der Waals surface area contributed by atoms with Crippen LogP contribution in [-0.4, -0.2) is 17.2 Å². The first-order chi connectivity index (χ1) is 8.61. The Morgan fingerprint density at radius 1 is 1.11 bits per heavy atom. The Morgan fingerprint density at radius 2 is 1.83 bits per heavy atom. The molecule has 4 heteroatoms. The lowest BCUT2D eigenvalue weighted by molar-refractivity contribution is -0.0908. The van der Waals surface area contributed by atoms with Gasteiger partial charge in [0.15, 0.2) is 5.75 Å². The second-order valence-electron chi connectivity index (χ2n) is 4.92. The van der Waals surface area contributed by atoms with E-state index >= 15 is 0 Å². The number of para-hydroxylation sites is 1. The van der Waals surface area contributed by atoms with Gasteiger partial charge in [-0.3, -0.25) is 0 Å². The highest BCUT2D eigenvalue weighted by atomic mass is 28.1. The van der Waals surface area contributed by atoms with E-state index in [2.05, 4.69) is 37.1 Å². The first-order valence-electron chi connectivity index (χ1n) is 6.13. The third kappa shape index (κ3) is 1.52. The molecule has 1 aliphatic heterocycles. The Morgan fingerprint density at radius 3 is 2.50 bits per heavy atom. The zero-order chi connectivity index (χ0) is 12.9. The Kier molecular flexibility index (Phi) is 2.72. The van der Waals surface area contributed by atoms with Crippen molar-refractivity contribution in [3.05, 3.63) is 46.5 Å². The average Bonchev–Trinajstić information content (AvgIpc) is 2.87. The number of fused-ring (bicyclic) bond motifs is 1. The maximum Gasteiger partial charge on any atom is 0.422 e. The fraction of sp³-hybridized carbons (Fsp3) is 0.286. The third-order valence-corrected chi connectivity index (χ3v) is 4.79. The molecule has 89 valence electrons. The van der Waals surface area contributed by atoms with Crippen molar-refractivity contribution in [2.75, 3.05) is 0 Å². The second-order valence-corrected chi connectivity index (χ2v) is 5.50. The van der Waals surface area contributed by atoms with Crippen molar-refractivity contribution in [1.82, 2.24) is 0 Å². The summed E-state index contributed by atoms with van der Waals surface area (Å²) < 4.78 is 0. The normalized spacial score (nSPS) is 22.7. The predicted molar refractivity (Wildman–Crippen MR) is 74.1 cm³/mol. The summed E-state index contributed by atoms with van der Waals surface area (Å²) in [6.45, 7) is 6.37. The Hall–Kier alpha value is -1.26. The molecule has 2 aliphatic rings. The Bertz CT molecular complexity index is 577. The molecule has 18 heavy (non-hydrogen) atoms. The Balaban J connectivity index is 2.05. The van der Waals surface area contributed by atoms with Crippen LogP contribution < -0.4 is 10.4 Å². The minimum atomic E-state index is -0.101. The maximum absolute atomic E-state index is 5.53. The molecule has 3 radical (unpaired) electrons. The molecule has 0 bridgehead atoms. The lowest BCUT2D eigenvalue weighted by Crippen LogP contribution is -2.32. The molecule has 0 fully saturated rings. The predicted octanol–water partition coefficient (Wildman–Crippen LogP) is 2.37. The molecule has 2 nitrogen and oxygen atoms in total. The summed E-state index contributed by atoms with van der Waals surface area (Å²) in [6.07, 6.45) is 0. The van der Waals surface area contributed by atoms with Gasteiger partial charge in [-0.25, -0.2) is 4.81 Å². The summed E-state index contributed by atoms with van der Waals surface area (Å²) in [6, 6.07) is 7.98. The zero-order valence-electron chi connectivity index (χ0n) is 10.8. The second kappa shape index (κ2) is 4.14. The van der Waals surface area contributed by atoms with Crippen LogP contribution in [0.2, 0.25) is 5.54 Å². The molecule has 1 aliphatic carbocycles. The molecule has 1 heterocycles. The van der Waals surface area contributed by atoms with E-state index in [1.54, 1.807) is 0 Å². The number of rotatable bonds is 1. The molecule has 0 amide bonds. The van der Waals surface area contributed by atoms with Gasteiger partial charge in [-0.15, -0.1) is 0 Å². The van der Waals surface area contributed by atoms with Gasteiger partial charge in [0, 0.05) is 15.7 Å². The lowest BCUT2D eigenvalue weighted by atomic mass is 9.53. The fourth-order valence-electron chi connectivity index (χ4n) is 2.67. The molecule has 0 N–H and O–H groups in total. The van der Waals surface area contributed by atoms with Crippen LogP contribution >= 0.6 is 0 Å². The first-order valence-corrected chi connectivity index (χ1v) is 6.70. The van der Waals surface area contributed by atoms with Crippen LogP contribution in [0.5, 0.6) is 5.75 Å². The quantitative estimate of drug-likeness (QED) is 0.565. The van der Waals surface area contributed by atoms with Crippen molar-refractivity contribution in [3.8, 4) is 5.75 Å². The standard InChI is InChI=1S/C14H14BO2Si/c1-8-9(2)13(14(18)10(8)3)15-11-6-4-5-7-12(11)16-17-15/h4-7,14H,1-3H3. The summed E-state index contributed by atoms with van der Waals surface area (Å²) >= 11 is 0. The van der Waals surface area contributed by atoms with Gasteiger partial charge in [0.1, 0.15) is 0 Å². The molecule has 0 spiro atoms. The van der Waals surface area contributed by atoms with E-state index in [4.69, 9.17) is 9.69 Å². The van der Waals surface area contributed by atoms with Crippen molar-refractivity contribution in [2.45, 2.75) is 26.3 Å². The van der Waals surface area contributed by atoms with E-state index in [1.165, 1.54) is 22.2 Å². The summed E-state index contributed by atoms with van der Waals surface area (Å²) in [5.41, 5.74) is 6.61. The largest absolute Gasteiger partial charge is 0.422 e. The fourth-order valence-corrected chi connectivity index (χ4v) is 3.26. The number of hydrogen-bond acceptors (Lipinski definition) is 2. The van der Waals surface area contributed by atoms with Crippen molar-refractivity contribution in [2.24, 2.45) is 0 Å².